The van der Waals surface area contributed by atoms with Crippen molar-refractivity contribution in [3.63, 3.8) is 0 Å². The summed E-state index contributed by atoms with van der Waals surface area (Å²) in [7, 11) is 0. The van der Waals surface area contributed by atoms with Crippen LogP contribution in [0.15, 0.2) is 12.3 Å². The second-order valence-electron chi connectivity index (χ2n) is 5.73. The van der Waals surface area contributed by atoms with Gasteiger partial charge in [0, 0.05) is 18.4 Å². The van der Waals surface area contributed by atoms with Crippen LogP contribution in [0.25, 0.3) is 0 Å². The molecule has 0 amide bonds. The largest absolute Gasteiger partial charge is 0.385 e. The van der Waals surface area contributed by atoms with Crippen LogP contribution in [0.2, 0.25) is 5.02 Å². The van der Waals surface area contributed by atoms with Gasteiger partial charge < -0.3 is 15.6 Å². The number of aromatic nitrogens is 1. The normalized spacial score (nSPS) is 28.3. The fraction of sp³-hybridized carbons (Fsp3) is 0.667. The predicted molar refractivity (Wildman–Crippen MR) is 80.6 cm³/mol. The summed E-state index contributed by atoms with van der Waals surface area (Å²) in [6.45, 7) is 4.71. The zero-order valence-corrected chi connectivity index (χ0v) is 12.9. The van der Waals surface area contributed by atoms with Gasteiger partial charge in [-0.25, -0.2) is 4.98 Å². The molecule has 1 saturated carbocycles. The van der Waals surface area contributed by atoms with Crippen LogP contribution in [0.4, 0.5) is 5.82 Å². The van der Waals surface area contributed by atoms with Gasteiger partial charge in [0.2, 0.25) is 0 Å². The maximum absolute atomic E-state index is 10.8. The lowest BCUT2D eigenvalue weighted by atomic mass is 9.74. The molecule has 0 radical (unpaired) electrons. The summed E-state index contributed by atoms with van der Waals surface area (Å²) in [6, 6.07) is 1.69. The first kappa shape index (κ1) is 15.5. The van der Waals surface area contributed by atoms with E-state index in [1.165, 1.54) is 12.6 Å². The minimum Gasteiger partial charge on any atom is -0.385 e. The van der Waals surface area contributed by atoms with E-state index in [0.29, 0.717) is 28.9 Å². The van der Waals surface area contributed by atoms with E-state index in [1.807, 2.05) is 6.92 Å². The van der Waals surface area contributed by atoms with Crippen LogP contribution in [-0.2, 0) is 4.74 Å². The Morgan fingerprint density at radius 3 is 3.05 bits per heavy atom. The van der Waals surface area contributed by atoms with E-state index in [2.05, 4.69) is 11.9 Å². The molecule has 20 heavy (non-hydrogen) atoms. The molecule has 1 aromatic heterocycles. The lowest BCUT2D eigenvalue weighted by Gasteiger charge is -2.43. The van der Waals surface area contributed by atoms with Gasteiger partial charge in [0.25, 0.3) is 0 Å². The molecule has 1 aliphatic rings. The number of nitrogens with two attached hydrogens (primary N) is 1. The Morgan fingerprint density at radius 2 is 2.40 bits per heavy atom. The van der Waals surface area contributed by atoms with Crippen molar-refractivity contribution in [2.75, 3.05) is 12.3 Å². The van der Waals surface area contributed by atoms with E-state index >= 15 is 0 Å². The highest BCUT2D eigenvalue weighted by molar-refractivity contribution is 6.30. The molecule has 3 N–H and O–H groups in total. The van der Waals surface area contributed by atoms with Gasteiger partial charge in [-0.1, -0.05) is 31.4 Å². The quantitative estimate of drug-likeness (QED) is 0.894. The van der Waals surface area contributed by atoms with Crippen molar-refractivity contribution in [3.05, 3.63) is 22.8 Å². The molecule has 0 saturated heterocycles. The number of halogens is 1. The minimum absolute atomic E-state index is 0.319. The molecule has 4 nitrogen and oxygen atoms in total. The van der Waals surface area contributed by atoms with Crippen LogP contribution >= 0.6 is 11.6 Å². The average molecular weight is 299 g/mol. The zero-order valence-electron chi connectivity index (χ0n) is 12.1. The third-order valence-electron chi connectivity index (χ3n) is 4.13. The smallest absolute Gasteiger partial charge is 0.129 e. The van der Waals surface area contributed by atoms with Gasteiger partial charge in [-0.15, -0.1) is 0 Å². The van der Waals surface area contributed by atoms with Gasteiger partial charge in [0.15, 0.2) is 0 Å². The molecule has 0 aromatic carbocycles. The average Bonchev–Trinajstić information content (AvgIpc) is 2.41. The first-order valence-corrected chi connectivity index (χ1v) is 7.59. The summed E-state index contributed by atoms with van der Waals surface area (Å²) in [5, 5.41) is 11.3. The number of nitrogen functional groups attached to an aromatic ring is 1. The maximum atomic E-state index is 10.8. The highest BCUT2D eigenvalue weighted by Crippen LogP contribution is 2.44. The molecule has 0 aliphatic heterocycles. The molecule has 3 atom stereocenters. The maximum Gasteiger partial charge on any atom is 0.129 e. The molecule has 1 aromatic rings. The number of rotatable bonds is 4. The van der Waals surface area contributed by atoms with Gasteiger partial charge in [0.05, 0.1) is 10.6 Å². The summed E-state index contributed by atoms with van der Waals surface area (Å²) >= 11 is 5.98. The van der Waals surface area contributed by atoms with Crippen molar-refractivity contribution >= 4 is 17.4 Å². The third kappa shape index (κ3) is 3.08. The van der Waals surface area contributed by atoms with Crippen molar-refractivity contribution in [3.8, 4) is 0 Å². The molecule has 1 fully saturated rings. The van der Waals surface area contributed by atoms with Gasteiger partial charge in [-0.05, 0) is 31.7 Å². The molecule has 3 unspecified atom stereocenters. The zero-order chi connectivity index (χ0) is 14.8. The van der Waals surface area contributed by atoms with Crippen molar-refractivity contribution < 1.29 is 9.84 Å². The van der Waals surface area contributed by atoms with Crippen LogP contribution in [0.1, 0.15) is 51.2 Å². The van der Waals surface area contributed by atoms with Crippen molar-refractivity contribution in [2.24, 2.45) is 5.92 Å². The molecule has 0 bridgehead atoms. The third-order valence-corrected chi connectivity index (χ3v) is 4.34. The van der Waals surface area contributed by atoms with Crippen molar-refractivity contribution in [1.29, 1.82) is 0 Å². The number of aliphatic hydroxyl groups excluding tert-OH is 1. The van der Waals surface area contributed by atoms with Crippen LogP contribution in [0, 0.1) is 5.92 Å². The standard InChI is InChI=1S/C15H23ClN2O2/c1-3-20-15(6-4-5-10(2)8-15)13(19)12-7-11(16)9-18-14(12)17/h7,9-10,13,19H,3-6,8H2,1-2H3,(H2,17,18). The predicted octanol–water partition coefficient (Wildman–Crippen LogP) is 3.34. The monoisotopic (exact) mass is 298 g/mol. The Balaban J connectivity index is 2.35. The first-order chi connectivity index (χ1) is 9.48. The number of nitrogens with zero attached hydrogens (tertiary/aromatic N) is 1. The van der Waals surface area contributed by atoms with Crippen LogP contribution in [0.5, 0.6) is 0 Å². The highest BCUT2D eigenvalue weighted by Gasteiger charge is 2.43. The summed E-state index contributed by atoms with van der Waals surface area (Å²) in [5.74, 6) is 0.845. The molecule has 112 valence electrons. The molecule has 0 spiro atoms. The lowest BCUT2D eigenvalue weighted by molar-refractivity contribution is -0.149. The van der Waals surface area contributed by atoms with Crippen LogP contribution < -0.4 is 5.73 Å². The Morgan fingerprint density at radius 1 is 1.65 bits per heavy atom. The van der Waals surface area contributed by atoms with Gasteiger partial charge >= 0.3 is 0 Å². The van der Waals surface area contributed by atoms with Gasteiger partial charge in [0.1, 0.15) is 11.9 Å². The van der Waals surface area contributed by atoms with E-state index < -0.39 is 11.7 Å². The number of aliphatic hydroxyl groups is 1. The topological polar surface area (TPSA) is 68.4 Å². The first-order valence-electron chi connectivity index (χ1n) is 7.21. The second-order valence-corrected chi connectivity index (χ2v) is 6.17. The summed E-state index contributed by atoms with van der Waals surface area (Å²) in [5.41, 5.74) is 5.89. The fourth-order valence-electron chi connectivity index (χ4n) is 3.26. The van der Waals surface area contributed by atoms with E-state index in [4.69, 9.17) is 22.1 Å². The highest BCUT2D eigenvalue weighted by atomic mass is 35.5. The van der Waals surface area contributed by atoms with Crippen molar-refractivity contribution in [1.82, 2.24) is 4.98 Å². The van der Waals surface area contributed by atoms with Crippen LogP contribution in [-0.4, -0.2) is 22.3 Å². The Labute approximate surface area is 125 Å². The Bertz CT molecular complexity index is 465. The number of hydrogen-bond donors (Lipinski definition) is 2. The molecular weight excluding hydrogens is 276 g/mol. The Kier molecular flexibility index (Phi) is 4.89. The summed E-state index contributed by atoms with van der Waals surface area (Å²) in [4.78, 5) is 4.04. The molecule has 5 heteroatoms. The van der Waals surface area contributed by atoms with Gasteiger partial charge in [-0.2, -0.15) is 0 Å². The van der Waals surface area contributed by atoms with Gasteiger partial charge in [-0.3, -0.25) is 0 Å². The number of ether oxygens (including phenoxy) is 1. The lowest BCUT2D eigenvalue weighted by Crippen LogP contribution is -2.44. The molecular formula is C15H23ClN2O2. The summed E-state index contributed by atoms with van der Waals surface area (Å²) < 4.78 is 5.98. The SMILES string of the molecule is CCOC1(C(O)c2cc(Cl)cnc2N)CCCC(C)C1. The van der Waals surface area contributed by atoms with E-state index in [0.717, 1.165) is 19.3 Å². The molecule has 2 rings (SSSR count). The van der Waals surface area contributed by atoms with E-state index in [1.54, 1.807) is 6.07 Å². The Hall–Kier alpha value is -0.840. The van der Waals surface area contributed by atoms with Crippen LogP contribution in [0.3, 0.4) is 0 Å². The molecule has 1 heterocycles. The number of hydrogen-bond acceptors (Lipinski definition) is 4. The van der Waals surface area contributed by atoms with E-state index in [9.17, 15) is 5.11 Å². The number of pyridine rings is 1. The second kappa shape index (κ2) is 6.29. The van der Waals surface area contributed by atoms with Crippen molar-refractivity contribution in [2.45, 2.75) is 51.2 Å². The fourth-order valence-corrected chi connectivity index (χ4v) is 3.42. The summed E-state index contributed by atoms with van der Waals surface area (Å²) in [6.07, 6.45) is 4.57. The number of anilines is 1. The minimum atomic E-state index is -0.795. The van der Waals surface area contributed by atoms with E-state index in [-0.39, 0.29) is 0 Å². The molecule has 1 aliphatic carbocycles.